The quantitative estimate of drug-likeness (QED) is 0.439. The highest BCUT2D eigenvalue weighted by atomic mass is 13.5. The molecule has 0 spiro atoms. The number of hydrogen-bond acceptors (Lipinski definition) is 0. The molecule has 0 saturated heterocycles. The van der Waals surface area contributed by atoms with E-state index < -0.39 is 0 Å². The molecule has 30 valence electrons. The number of allylic oxidation sites excluding steroid dienone is 4. The highest BCUT2D eigenvalue weighted by molar-refractivity contribution is 5.00. The molecule has 0 N–H and O–H groups in total. The SMILES string of the molecule is [CH]=C/C=C/[C]=C. The van der Waals surface area contributed by atoms with Crippen molar-refractivity contribution >= 4 is 0 Å². The highest BCUT2D eigenvalue weighted by Crippen LogP contribution is 1.68. The molecule has 0 aliphatic rings. The summed E-state index contributed by atoms with van der Waals surface area (Å²) < 4.78 is 0. The number of rotatable bonds is 2. The second-order valence-electron chi connectivity index (χ2n) is 0.756. The maximum Gasteiger partial charge on any atom is -0.0262 e. The first-order valence-electron chi connectivity index (χ1n) is 1.64. The van der Waals surface area contributed by atoms with Crippen molar-refractivity contribution in [2.75, 3.05) is 0 Å². The summed E-state index contributed by atoms with van der Waals surface area (Å²) in [6.45, 7) is 8.25. The minimum absolute atomic E-state index is 1.43. The molecule has 0 aliphatic heterocycles. The maximum absolute atomic E-state index is 4.93. The molecule has 0 rings (SSSR count). The first-order valence-corrected chi connectivity index (χ1v) is 1.64. The Morgan fingerprint density at radius 3 is 2.50 bits per heavy atom. The highest BCUT2D eigenvalue weighted by Gasteiger charge is 1.48. The predicted molar refractivity (Wildman–Crippen MR) is 26.9 cm³/mol. The summed E-state index contributed by atoms with van der Waals surface area (Å²) in [4.78, 5) is 0. The van der Waals surface area contributed by atoms with Gasteiger partial charge in [-0.1, -0.05) is 31.4 Å². The Kier molecular flexibility index (Phi) is 3.67. The molecule has 0 unspecified atom stereocenters. The van der Waals surface area contributed by atoms with Crippen LogP contribution in [0.1, 0.15) is 0 Å². The monoisotopic (exact) mass is 78.0 g/mol. The lowest BCUT2D eigenvalue weighted by Gasteiger charge is -1.59. The van der Waals surface area contributed by atoms with Crippen molar-refractivity contribution in [1.82, 2.24) is 0 Å². The molecule has 0 aliphatic carbocycles. The summed E-state index contributed by atoms with van der Waals surface area (Å²) in [6, 6.07) is 0. The van der Waals surface area contributed by atoms with E-state index in [1.807, 2.05) is 0 Å². The fraction of sp³-hybridized carbons (Fsp3) is 0. The molecule has 0 bridgehead atoms. The van der Waals surface area contributed by atoms with E-state index in [1.165, 1.54) is 6.08 Å². The van der Waals surface area contributed by atoms with Crippen LogP contribution in [0.5, 0.6) is 0 Å². The summed E-state index contributed by atoms with van der Waals surface area (Å²) >= 11 is 0. The van der Waals surface area contributed by atoms with Crippen LogP contribution in [0.2, 0.25) is 0 Å². The van der Waals surface area contributed by atoms with Crippen molar-refractivity contribution in [1.29, 1.82) is 0 Å². The van der Waals surface area contributed by atoms with Crippen LogP contribution in [0.3, 0.4) is 0 Å². The van der Waals surface area contributed by atoms with E-state index in [-0.39, 0.29) is 0 Å². The number of hydrogen-bond donors (Lipinski definition) is 0. The summed E-state index contributed by atoms with van der Waals surface area (Å²) in [5.74, 6) is 0. The summed E-state index contributed by atoms with van der Waals surface area (Å²) in [5.41, 5.74) is 0. The van der Waals surface area contributed by atoms with Crippen LogP contribution in [-0.4, -0.2) is 0 Å². The Hall–Kier alpha value is -0.780. The largest absolute Gasteiger partial charge is 0.0912 e. The van der Waals surface area contributed by atoms with Gasteiger partial charge < -0.3 is 0 Å². The van der Waals surface area contributed by atoms with E-state index in [0.29, 0.717) is 0 Å². The van der Waals surface area contributed by atoms with Crippen LogP contribution in [0.4, 0.5) is 0 Å². The molecule has 0 heterocycles. The zero-order valence-electron chi connectivity index (χ0n) is 3.52. The van der Waals surface area contributed by atoms with Gasteiger partial charge in [-0.3, -0.25) is 0 Å². The molecule has 0 nitrogen and oxygen atoms in total. The van der Waals surface area contributed by atoms with E-state index >= 15 is 0 Å². The molecule has 0 aromatic carbocycles. The van der Waals surface area contributed by atoms with Gasteiger partial charge in [-0.05, 0) is 6.08 Å². The Morgan fingerprint density at radius 2 is 2.33 bits per heavy atom. The summed E-state index contributed by atoms with van der Waals surface area (Å²) in [5, 5.41) is 0. The van der Waals surface area contributed by atoms with Gasteiger partial charge >= 0.3 is 0 Å². The fourth-order valence-corrected chi connectivity index (χ4v) is 0.124. The Labute approximate surface area is 38.5 Å². The Balaban J connectivity index is 3.17. The third kappa shape index (κ3) is 3.22. The van der Waals surface area contributed by atoms with Crippen LogP contribution in [-0.2, 0) is 0 Å². The first kappa shape index (κ1) is 5.22. The van der Waals surface area contributed by atoms with Gasteiger partial charge in [-0.25, -0.2) is 0 Å². The molecular formula is C6H6. The van der Waals surface area contributed by atoms with Crippen LogP contribution < -0.4 is 0 Å². The summed E-state index contributed by atoms with van der Waals surface area (Å²) in [6.07, 6.45) is 7.25. The van der Waals surface area contributed by atoms with Gasteiger partial charge in [0.1, 0.15) is 0 Å². The minimum Gasteiger partial charge on any atom is -0.0912 e. The van der Waals surface area contributed by atoms with Gasteiger partial charge in [0.25, 0.3) is 0 Å². The minimum atomic E-state index is 1.43. The van der Waals surface area contributed by atoms with Crippen molar-refractivity contribution in [2.45, 2.75) is 0 Å². The van der Waals surface area contributed by atoms with E-state index in [9.17, 15) is 0 Å². The van der Waals surface area contributed by atoms with Gasteiger partial charge in [0, 0.05) is 0 Å². The zero-order valence-corrected chi connectivity index (χ0v) is 3.52. The smallest absolute Gasteiger partial charge is 0.0262 e. The molecule has 0 amide bonds. The lowest BCUT2D eigenvalue weighted by Crippen LogP contribution is -1.40. The van der Waals surface area contributed by atoms with Crippen LogP contribution in [0, 0.1) is 12.7 Å². The third-order valence-corrected chi connectivity index (χ3v) is 0.325. The van der Waals surface area contributed by atoms with Crippen molar-refractivity contribution < 1.29 is 0 Å². The standard InChI is InChI=1S/C6H6/c1-3-5-6-4-2/h1,3,5-6H,2H2/b3-1?,6-5+. The van der Waals surface area contributed by atoms with Crippen LogP contribution >= 0.6 is 0 Å². The fourth-order valence-electron chi connectivity index (χ4n) is 0.124. The molecule has 0 atom stereocenters. The molecule has 2 radical (unpaired) electrons. The first-order chi connectivity index (χ1) is 2.91. The van der Waals surface area contributed by atoms with Gasteiger partial charge in [-0.15, -0.1) is 0 Å². The normalized spacial score (nSPS) is 8.67. The third-order valence-electron chi connectivity index (χ3n) is 0.325. The Morgan fingerprint density at radius 1 is 1.67 bits per heavy atom. The van der Waals surface area contributed by atoms with Crippen LogP contribution in [0.25, 0.3) is 0 Å². The van der Waals surface area contributed by atoms with Crippen molar-refractivity contribution in [3.8, 4) is 0 Å². The molecule has 6 heavy (non-hydrogen) atoms. The zero-order chi connectivity index (χ0) is 4.83. The average Bonchev–Trinajstić information content (AvgIpc) is 1.61. The van der Waals surface area contributed by atoms with E-state index in [2.05, 4.69) is 12.7 Å². The van der Waals surface area contributed by atoms with E-state index in [1.54, 1.807) is 12.2 Å². The van der Waals surface area contributed by atoms with E-state index in [0.717, 1.165) is 0 Å². The lowest BCUT2D eigenvalue weighted by atomic mass is 10.5. The van der Waals surface area contributed by atoms with Crippen molar-refractivity contribution in [3.05, 3.63) is 37.5 Å². The molecule has 0 fully saturated rings. The predicted octanol–water partition coefficient (Wildman–Crippen LogP) is 1.52. The molecule has 0 saturated carbocycles. The second-order valence-corrected chi connectivity index (χ2v) is 0.756. The summed E-state index contributed by atoms with van der Waals surface area (Å²) in [7, 11) is 0. The second kappa shape index (κ2) is 4.22. The van der Waals surface area contributed by atoms with Gasteiger partial charge in [0.15, 0.2) is 0 Å². The average molecular weight is 78.1 g/mol. The molecular weight excluding hydrogens is 72.1 g/mol. The van der Waals surface area contributed by atoms with Gasteiger partial charge in [-0.2, -0.15) is 0 Å². The van der Waals surface area contributed by atoms with Gasteiger partial charge in [0.2, 0.25) is 0 Å². The molecule has 0 aromatic rings. The maximum atomic E-state index is 4.93. The van der Waals surface area contributed by atoms with E-state index in [4.69, 9.17) is 6.58 Å². The Bertz CT molecular complexity index is 58.1. The topological polar surface area (TPSA) is 0 Å². The lowest BCUT2D eigenvalue weighted by molar-refractivity contribution is 1.91. The van der Waals surface area contributed by atoms with Crippen molar-refractivity contribution in [3.63, 3.8) is 0 Å². The molecule has 0 heteroatoms. The van der Waals surface area contributed by atoms with Crippen LogP contribution in [0.15, 0.2) is 24.8 Å². The molecule has 0 aromatic heterocycles. The van der Waals surface area contributed by atoms with Crippen molar-refractivity contribution in [2.24, 2.45) is 0 Å². The van der Waals surface area contributed by atoms with Gasteiger partial charge in [0.05, 0.1) is 0 Å².